The van der Waals surface area contributed by atoms with Gasteiger partial charge < -0.3 is 14.8 Å². The zero-order chi connectivity index (χ0) is 24.2. The van der Waals surface area contributed by atoms with E-state index in [1.807, 2.05) is 0 Å². The monoisotopic (exact) mass is 460 g/mol. The van der Waals surface area contributed by atoms with Gasteiger partial charge in [-0.1, -0.05) is 0 Å². The Labute approximate surface area is 194 Å². The Morgan fingerprint density at radius 2 is 1.62 bits per heavy atom. The number of carbonyl (C=O) groups is 2. The lowest BCUT2D eigenvalue weighted by molar-refractivity contribution is -0.384. The lowest BCUT2D eigenvalue weighted by atomic mass is 10.0. The van der Waals surface area contributed by atoms with Crippen LogP contribution in [0.3, 0.4) is 0 Å². The van der Waals surface area contributed by atoms with Crippen LogP contribution in [-0.2, 0) is 16.1 Å². The summed E-state index contributed by atoms with van der Waals surface area (Å²) in [6.45, 7) is 0.0494. The number of hydrogen-bond acceptors (Lipinski definition) is 8. The second-order valence-electron chi connectivity index (χ2n) is 7.30. The molecule has 172 valence electrons. The second-order valence-corrected chi connectivity index (χ2v) is 7.30. The number of carbonyl (C=O) groups excluding carboxylic acids is 2. The predicted octanol–water partition coefficient (Wildman–Crippen LogP) is 3.40. The molecule has 10 heteroatoms. The van der Waals surface area contributed by atoms with Crippen LogP contribution in [0.25, 0.3) is 5.57 Å². The van der Waals surface area contributed by atoms with Crippen molar-refractivity contribution >= 4 is 28.8 Å². The Hall–Kier alpha value is -4.73. The van der Waals surface area contributed by atoms with Crippen LogP contribution >= 0.6 is 0 Å². The molecule has 1 aliphatic rings. The molecule has 0 fully saturated rings. The first-order valence-electron chi connectivity index (χ1n) is 10.2. The zero-order valence-electron chi connectivity index (χ0n) is 18.3. The number of nitro benzene ring substituents is 1. The number of hydrogen-bond donors (Lipinski definition) is 1. The maximum Gasteiger partial charge on any atom is 0.278 e. The van der Waals surface area contributed by atoms with Crippen LogP contribution in [0.2, 0.25) is 0 Å². The highest BCUT2D eigenvalue weighted by Crippen LogP contribution is 2.35. The number of amides is 2. The number of rotatable bonds is 8. The van der Waals surface area contributed by atoms with Crippen molar-refractivity contribution in [1.29, 1.82) is 0 Å². The minimum absolute atomic E-state index is 0.0494. The Morgan fingerprint density at radius 3 is 2.24 bits per heavy atom. The molecule has 2 amide bonds. The van der Waals surface area contributed by atoms with Gasteiger partial charge in [-0.05, 0) is 47.5 Å². The van der Waals surface area contributed by atoms with Crippen molar-refractivity contribution in [3.8, 4) is 11.5 Å². The van der Waals surface area contributed by atoms with Crippen molar-refractivity contribution in [3.05, 3.63) is 93.9 Å². The maximum atomic E-state index is 13.4. The Bertz CT molecular complexity index is 1290. The fraction of sp³-hybridized carbons (Fsp3) is 0.125. The highest BCUT2D eigenvalue weighted by atomic mass is 16.6. The Kier molecular flexibility index (Phi) is 6.22. The van der Waals surface area contributed by atoms with Crippen LogP contribution < -0.4 is 14.8 Å². The van der Waals surface area contributed by atoms with Gasteiger partial charge >= 0.3 is 0 Å². The van der Waals surface area contributed by atoms with E-state index in [1.54, 1.807) is 42.7 Å². The number of anilines is 1. The predicted molar refractivity (Wildman–Crippen MR) is 123 cm³/mol. The van der Waals surface area contributed by atoms with Crippen molar-refractivity contribution in [1.82, 2.24) is 9.88 Å². The molecule has 34 heavy (non-hydrogen) atoms. The highest BCUT2D eigenvalue weighted by Gasteiger charge is 2.39. The van der Waals surface area contributed by atoms with Gasteiger partial charge in [0.2, 0.25) is 0 Å². The van der Waals surface area contributed by atoms with Crippen LogP contribution in [0.5, 0.6) is 11.5 Å². The number of methoxy groups -OCH3 is 2. The molecule has 0 aliphatic carbocycles. The van der Waals surface area contributed by atoms with E-state index < -0.39 is 16.7 Å². The van der Waals surface area contributed by atoms with Gasteiger partial charge in [0.15, 0.2) is 11.5 Å². The summed E-state index contributed by atoms with van der Waals surface area (Å²) >= 11 is 0. The second kappa shape index (κ2) is 9.41. The average Bonchev–Trinajstić information content (AvgIpc) is 3.08. The Balaban J connectivity index is 1.75. The SMILES string of the molecule is COc1ccc(NC2=C(c3ccc([N+](=O)[O-])cc3)C(=O)N(Cc3ccncc3)C2=O)cc1OC. The summed E-state index contributed by atoms with van der Waals surface area (Å²) in [5, 5.41) is 14.1. The third-order valence-corrected chi connectivity index (χ3v) is 5.28. The number of nitro groups is 1. The van der Waals surface area contributed by atoms with E-state index >= 15 is 0 Å². The zero-order valence-corrected chi connectivity index (χ0v) is 18.3. The summed E-state index contributed by atoms with van der Waals surface area (Å²) in [6, 6.07) is 13.9. The van der Waals surface area contributed by atoms with Gasteiger partial charge in [0.1, 0.15) is 5.70 Å². The van der Waals surface area contributed by atoms with Crippen LogP contribution in [-0.4, -0.2) is 40.8 Å². The van der Waals surface area contributed by atoms with E-state index in [0.29, 0.717) is 22.7 Å². The highest BCUT2D eigenvalue weighted by molar-refractivity contribution is 6.36. The van der Waals surface area contributed by atoms with Gasteiger partial charge in [0.05, 0.1) is 31.3 Å². The van der Waals surface area contributed by atoms with Crippen molar-refractivity contribution < 1.29 is 24.0 Å². The number of imide groups is 1. The summed E-state index contributed by atoms with van der Waals surface area (Å²) in [5.41, 5.74) is 1.66. The molecule has 0 saturated carbocycles. The summed E-state index contributed by atoms with van der Waals surface area (Å²) < 4.78 is 10.6. The first-order valence-corrected chi connectivity index (χ1v) is 10.2. The van der Waals surface area contributed by atoms with E-state index in [-0.39, 0.29) is 23.5 Å². The number of non-ortho nitro benzene ring substituents is 1. The third kappa shape index (κ3) is 4.29. The minimum atomic E-state index is -0.529. The molecule has 0 spiro atoms. The molecule has 4 rings (SSSR count). The normalized spacial score (nSPS) is 13.3. The fourth-order valence-corrected chi connectivity index (χ4v) is 3.58. The molecule has 3 aromatic rings. The topological polar surface area (TPSA) is 124 Å². The molecule has 1 aromatic heterocycles. The first-order chi connectivity index (χ1) is 16.4. The van der Waals surface area contributed by atoms with Crippen molar-refractivity contribution in [3.63, 3.8) is 0 Å². The molecule has 2 aromatic carbocycles. The molecular weight excluding hydrogens is 440 g/mol. The van der Waals surface area contributed by atoms with Gasteiger partial charge in [-0.15, -0.1) is 0 Å². The number of pyridine rings is 1. The number of aromatic nitrogens is 1. The maximum absolute atomic E-state index is 13.4. The van der Waals surface area contributed by atoms with E-state index in [4.69, 9.17) is 9.47 Å². The first kappa shape index (κ1) is 22.5. The fourth-order valence-electron chi connectivity index (χ4n) is 3.58. The van der Waals surface area contributed by atoms with E-state index in [2.05, 4.69) is 10.3 Å². The lowest BCUT2D eigenvalue weighted by Crippen LogP contribution is -2.32. The van der Waals surface area contributed by atoms with Gasteiger partial charge in [0.25, 0.3) is 17.5 Å². The Morgan fingerprint density at radius 1 is 0.941 bits per heavy atom. The molecule has 1 aliphatic heterocycles. The van der Waals surface area contributed by atoms with Gasteiger partial charge in [-0.3, -0.25) is 29.6 Å². The standard InChI is InChI=1S/C24H20N4O6/c1-33-19-8-5-17(13-20(19)34-2)26-22-21(16-3-6-18(7-4-16)28(31)32)23(29)27(24(22)30)14-15-9-11-25-12-10-15/h3-13,26H,14H2,1-2H3. The molecule has 10 nitrogen and oxygen atoms in total. The van der Waals surface area contributed by atoms with Gasteiger partial charge in [-0.25, -0.2) is 0 Å². The van der Waals surface area contributed by atoms with Crippen LogP contribution in [0.4, 0.5) is 11.4 Å². The molecule has 0 atom stereocenters. The number of nitrogens with one attached hydrogen (secondary N) is 1. The number of nitrogens with zero attached hydrogens (tertiary/aromatic N) is 3. The molecule has 0 radical (unpaired) electrons. The van der Waals surface area contributed by atoms with Crippen LogP contribution in [0, 0.1) is 10.1 Å². The van der Waals surface area contributed by atoms with E-state index in [9.17, 15) is 19.7 Å². The lowest BCUT2D eigenvalue weighted by Gasteiger charge is -2.15. The summed E-state index contributed by atoms with van der Waals surface area (Å²) in [7, 11) is 3.00. The molecule has 1 N–H and O–H groups in total. The van der Waals surface area contributed by atoms with Crippen molar-refractivity contribution in [2.75, 3.05) is 19.5 Å². The number of benzene rings is 2. The van der Waals surface area contributed by atoms with Gasteiger partial charge in [0, 0.05) is 36.3 Å². The molecule has 2 heterocycles. The summed E-state index contributed by atoms with van der Waals surface area (Å²) in [6.07, 6.45) is 3.15. The smallest absolute Gasteiger partial charge is 0.278 e. The summed E-state index contributed by atoms with van der Waals surface area (Å²) in [5.74, 6) is -0.0928. The molecule has 0 unspecified atom stereocenters. The largest absolute Gasteiger partial charge is 0.493 e. The average molecular weight is 460 g/mol. The molecule has 0 bridgehead atoms. The molecule has 0 saturated heterocycles. The van der Waals surface area contributed by atoms with Crippen LogP contribution in [0.15, 0.2) is 72.7 Å². The molecular formula is C24H20N4O6. The van der Waals surface area contributed by atoms with E-state index in [1.165, 1.54) is 38.5 Å². The van der Waals surface area contributed by atoms with Crippen molar-refractivity contribution in [2.45, 2.75) is 6.54 Å². The minimum Gasteiger partial charge on any atom is -0.493 e. The summed E-state index contributed by atoms with van der Waals surface area (Å²) in [4.78, 5) is 42.3. The van der Waals surface area contributed by atoms with Crippen LogP contribution in [0.1, 0.15) is 11.1 Å². The van der Waals surface area contributed by atoms with E-state index in [0.717, 1.165) is 10.5 Å². The number of ether oxygens (including phenoxy) is 2. The van der Waals surface area contributed by atoms with Crippen molar-refractivity contribution in [2.24, 2.45) is 0 Å². The third-order valence-electron chi connectivity index (χ3n) is 5.28. The van der Waals surface area contributed by atoms with Gasteiger partial charge in [-0.2, -0.15) is 0 Å². The quantitative estimate of drug-likeness (QED) is 0.308.